The molecule has 3 heterocycles. The maximum atomic E-state index is 15.2. The minimum atomic E-state index is -0.483. The van der Waals surface area contributed by atoms with Crippen molar-refractivity contribution in [2.24, 2.45) is 0 Å². The highest BCUT2D eigenvalue weighted by molar-refractivity contribution is 6.31. The van der Waals surface area contributed by atoms with Gasteiger partial charge in [0.2, 0.25) is 5.95 Å². The Kier molecular flexibility index (Phi) is 4.60. The van der Waals surface area contributed by atoms with Crippen molar-refractivity contribution >= 4 is 28.5 Å². The van der Waals surface area contributed by atoms with Crippen LogP contribution in [0.3, 0.4) is 0 Å². The Morgan fingerprint density at radius 2 is 1.90 bits per heavy atom. The molecule has 154 valence electrons. The summed E-state index contributed by atoms with van der Waals surface area (Å²) in [5, 5.41) is 10.8. The van der Waals surface area contributed by atoms with Crippen LogP contribution in [0.2, 0.25) is 5.02 Å². The van der Waals surface area contributed by atoms with Crippen LogP contribution in [-0.4, -0.2) is 26.5 Å². The second kappa shape index (κ2) is 7.33. The monoisotopic (exact) mass is 432 g/mol. The molecule has 0 bridgehead atoms. The SMILES string of the molecule is Cc1nc(C)nc(N2CCc3c([nH]c4ccc(Cl)cc34)C2c2ccc(C#N)cc2F)n1. The van der Waals surface area contributed by atoms with Crippen molar-refractivity contribution in [3.05, 3.63) is 81.3 Å². The van der Waals surface area contributed by atoms with Crippen molar-refractivity contribution in [3.63, 3.8) is 0 Å². The summed E-state index contributed by atoms with van der Waals surface area (Å²) in [4.78, 5) is 18.8. The third-order valence-electron chi connectivity index (χ3n) is 5.62. The van der Waals surface area contributed by atoms with Gasteiger partial charge in [-0.3, -0.25) is 0 Å². The van der Waals surface area contributed by atoms with E-state index in [1.807, 2.05) is 43.0 Å². The highest BCUT2D eigenvalue weighted by Gasteiger charge is 2.35. The van der Waals surface area contributed by atoms with Gasteiger partial charge in [0, 0.05) is 33.7 Å². The molecule has 0 saturated heterocycles. The van der Waals surface area contributed by atoms with E-state index in [2.05, 4.69) is 19.9 Å². The lowest BCUT2D eigenvalue weighted by molar-refractivity contribution is 0.560. The predicted octanol–water partition coefficient (Wildman–Crippen LogP) is 4.79. The summed E-state index contributed by atoms with van der Waals surface area (Å²) >= 11 is 6.25. The van der Waals surface area contributed by atoms with Crippen molar-refractivity contribution in [2.45, 2.75) is 26.3 Å². The van der Waals surface area contributed by atoms with E-state index >= 15 is 4.39 Å². The van der Waals surface area contributed by atoms with Crippen LogP contribution < -0.4 is 4.90 Å². The van der Waals surface area contributed by atoms with Gasteiger partial charge in [-0.2, -0.15) is 15.2 Å². The van der Waals surface area contributed by atoms with Crippen LogP contribution >= 0.6 is 11.6 Å². The lowest BCUT2D eigenvalue weighted by Gasteiger charge is -2.36. The van der Waals surface area contributed by atoms with Gasteiger partial charge in [-0.1, -0.05) is 17.7 Å². The molecule has 4 aromatic rings. The molecule has 8 heteroatoms. The predicted molar refractivity (Wildman–Crippen MR) is 117 cm³/mol. The lowest BCUT2D eigenvalue weighted by atomic mass is 9.92. The number of aryl methyl sites for hydroxylation is 2. The van der Waals surface area contributed by atoms with E-state index < -0.39 is 11.9 Å². The first-order valence-electron chi connectivity index (χ1n) is 9.90. The Hall–Kier alpha value is -3.50. The van der Waals surface area contributed by atoms with Crippen molar-refractivity contribution < 1.29 is 4.39 Å². The number of fused-ring (bicyclic) bond motifs is 3. The molecular formula is C23H18ClFN6. The number of aromatic nitrogens is 4. The van der Waals surface area contributed by atoms with E-state index in [0.29, 0.717) is 34.7 Å². The molecule has 1 unspecified atom stereocenters. The average molecular weight is 433 g/mol. The fraction of sp³-hybridized carbons (Fsp3) is 0.217. The molecule has 0 saturated carbocycles. The van der Waals surface area contributed by atoms with Crippen LogP contribution in [0.1, 0.15) is 40.1 Å². The minimum absolute atomic E-state index is 0.277. The van der Waals surface area contributed by atoms with Crippen LogP contribution in [0.25, 0.3) is 10.9 Å². The van der Waals surface area contributed by atoms with Crippen molar-refractivity contribution in [1.82, 2.24) is 19.9 Å². The Balaban J connectivity index is 1.75. The second-order valence-corrected chi connectivity index (χ2v) is 8.07. The van der Waals surface area contributed by atoms with E-state index in [9.17, 15) is 0 Å². The Morgan fingerprint density at radius 3 is 2.61 bits per heavy atom. The number of benzene rings is 2. The van der Waals surface area contributed by atoms with Gasteiger partial charge in [0.25, 0.3) is 0 Å². The third kappa shape index (κ3) is 3.29. The summed E-state index contributed by atoms with van der Waals surface area (Å²) in [6.07, 6.45) is 0.730. The van der Waals surface area contributed by atoms with Crippen molar-refractivity contribution in [1.29, 1.82) is 5.26 Å². The Labute approximate surface area is 183 Å². The van der Waals surface area contributed by atoms with Crippen LogP contribution in [0.15, 0.2) is 36.4 Å². The van der Waals surface area contributed by atoms with E-state index in [4.69, 9.17) is 16.9 Å². The number of nitriles is 1. The van der Waals surface area contributed by atoms with Gasteiger partial charge in [0.05, 0.1) is 11.6 Å². The molecule has 0 fully saturated rings. The molecule has 1 aliphatic heterocycles. The van der Waals surface area contributed by atoms with Crippen LogP contribution in [0, 0.1) is 31.0 Å². The molecule has 5 rings (SSSR count). The van der Waals surface area contributed by atoms with Crippen molar-refractivity contribution in [3.8, 4) is 6.07 Å². The third-order valence-corrected chi connectivity index (χ3v) is 5.85. The Morgan fingerprint density at radius 1 is 1.13 bits per heavy atom. The molecule has 31 heavy (non-hydrogen) atoms. The normalized spacial score (nSPS) is 15.7. The van der Waals surface area contributed by atoms with Gasteiger partial charge >= 0.3 is 0 Å². The first-order chi connectivity index (χ1) is 14.9. The zero-order chi connectivity index (χ0) is 21.7. The van der Waals surface area contributed by atoms with Gasteiger partial charge in [0.1, 0.15) is 23.5 Å². The first-order valence-corrected chi connectivity index (χ1v) is 10.3. The first kappa shape index (κ1) is 19.5. The van der Waals surface area contributed by atoms with E-state index in [1.54, 1.807) is 12.1 Å². The highest BCUT2D eigenvalue weighted by atomic mass is 35.5. The number of rotatable bonds is 2. The number of nitrogens with one attached hydrogen (secondary N) is 1. The summed E-state index contributed by atoms with van der Waals surface area (Å²) in [5.74, 6) is 1.27. The fourth-order valence-corrected chi connectivity index (χ4v) is 4.52. The minimum Gasteiger partial charge on any atom is -0.356 e. The molecule has 0 aliphatic carbocycles. The Bertz CT molecular complexity index is 1350. The molecule has 0 spiro atoms. The maximum Gasteiger partial charge on any atom is 0.229 e. The molecule has 0 amide bonds. The lowest BCUT2D eigenvalue weighted by Crippen LogP contribution is -2.38. The van der Waals surface area contributed by atoms with Gasteiger partial charge in [-0.15, -0.1) is 0 Å². The molecule has 1 N–H and O–H groups in total. The highest BCUT2D eigenvalue weighted by Crippen LogP contribution is 2.41. The molecule has 1 atom stereocenters. The number of hydrogen-bond acceptors (Lipinski definition) is 5. The zero-order valence-electron chi connectivity index (χ0n) is 16.9. The molecule has 2 aromatic carbocycles. The number of hydrogen-bond donors (Lipinski definition) is 1. The van der Waals surface area contributed by atoms with E-state index in [0.717, 1.165) is 28.6 Å². The molecule has 6 nitrogen and oxygen atoms in total. The molecule has 0 radical (unpaired) electrons. The number of H-pyrrole nitrogens is 1. The summed E-state index contributed by atoms with van der Waals surface area (Å²) in [6, 6.07) is 11.8. The summed E-state index contributed by atoms with van der Waals surface area (Å²) in [7, 11) is 0. The van der Waals surface area contributed by atoms with E-state index in [1.165, 1.54) is 6.07 Å². The second-order valence-electron chi connectivity index (χ2n) is 7.63. The van der Waals surface area contributed by atoms with Crippen molar-refractivity contribution in [2.75, 3.05) is 11.4 Å². The maximum absolute atomic E-state index is 15.2. The molecular weight excluding hydrogens is 415 g/mol. The standard InChI is InChI=1S/C23H18ClFN6/c1-12-27-13(2)29-23(28-12)31-8-7-16-18-10-15(24)4-6-20(18)30-21(16)22(31)17-5-3-14(11-26)9-19(17)25/h3-6,9-10,22,30H,7-8H2,1-2H3. The largest absolute Gasteiger partial charge is 0.356 e. The van der Waals surface area contributed by atoms with Gasteiger partial charge in [0.15, 0.2) is 0 Å². The summed E-state index contributed by atoms with van der Waals surface area (Å²) in [5.41, 5.74) is 3.65. The van der Waals surface area contributed by atoms with Gasteiger partial charge in [-0.05, 0) is 56.2 Å². The number of halogens is 2. The average Bonchev–Trinajstić information content (AvgIpc) is 3.10. The number of nitrogens with zero attached hydrogens (tertiary/aromatic N) is 5. The zero-order valence-corrected chi connectivity index (χ0v) is 17.7. The molecule has 1 aliphatic rings. The van der Waals surface area contributed by atoms with Crippen LogP contribution in [-0.2, 0) is 6.42 Å². The number of aromatic amines is 1. The van der Waals surface area contributed by atoms with Crippen LogP contribution in [0.4, 0.5) is 10.3 Å². The summed E-state index contributed by atoms with van der Waals surface area (Å²) < 4.78 is 15.2. The molecule has 2 aromatic heterocycles. The van der Waals surface area contributed by atoms with E-state index in [-0.39, 0.29) is 5.56 Å². The van der Waals surface area contributed by atoms with Crippen LogP contribution in [0.5, 0.6) is 0 Å². The fourth-order valence-electron chi connectivity index (χ4n) is 4.35. The smallest absolute Gasteiger partial charge is 0.229 e. The van der Waals surface area contributed by atoms with Gasteiger partial charge < -0.3 is 9.88 Å². The number of anilines is 1. The quantitative estimate of drug-likeness (QED) is 0.492. The summed E-state index contributed by atoms with van der Waals surface area (Å²) in [6.45, 7) is 4.23. The van der Waals surface area contributed by atoms with Gasteiger partial charge in [-0.25, -0.2) is 9.37 Å². The topological polar surface area (TPSA) is 81.5 Å².